The van der Waals surface area contributed by atoms with Crippen LogP contribution in [0, 0.1) is 17.2 Å². The van der Waals surface area contributed by atoms with Crippen molar-refractivity contribution in [1.82, 2.24) is 0 Å². The van der Waals surface area contributed by atoms with Gasteiger partial charge in [-0.15, -0.1) is 11.3 Å². The van der Waals surface area contributed by atoms with Crippen molar-refractivity contribution in [3.05, 3.63) is 4.88 Å². The van der Waals surface area contributed by atoms with Crippen molar-refractivity contribution < 1.29 is 8.42 Å². The molecule has 0 radical (unpaired) electrons. The van der Waals surface area contributed by atoms with E-state index in [2.05, 4.69) is 19.2 Å². The topological polar surface area (TPSA) is 96.0 Å². The first-order chi connectivity index (χ1) is 9.76. The summed E-state index contributed by atoms with van der Waals surface area (Å²) in [4.78, 5) is 0.336. The molecule has 0 saturated carbocycles. The number of nitrogen functional groups attached to an aromatic ring is 1. The summed E-state index contributed by atoms with van der Waals surface area (Å²) in [5, 5.41) is 12.8. The predicted octanol–water partition coefficient (Wildman–Crippen LogP) is 3.23. The van der Waals surface area contributed by atoms with Gasteiger partial charge >= 0.3 is 0 Å². The number of nitrogens with two attached hydrogens (primary N) is 1. The highest BCUT2D eigenvalue weighted by Crippen LogP contribution is 2.39. The van der Waals surface area contributed by atoms with E-state index in [4.69, 9.17) is 11.0 Å². The number of sulfone groups is 1. The molecule has 2 unspecified atom stereocenters. The van der Waals surface area contributed by atoms with Gasteiger partial charge in [-0.05, 0) is 19.3 Å². The first kappa shape index (κ1) is 17.8. The van der Waals surface area contributed by atoms with Crippen molar-refractivity contribution >= 4 is 31.9 Å². The van der Waals surface area contributed by atoms with Crippen molar-refractivity contribution in [2.75, 3.05) is 16.8 Å². The minimum Gasteiger partial charge on any atom is -0.396 e. The molecule has 0 fully saturated rings. The molecular weight excluding hydrogens is 306 g/mol. The van der Waals surface area contributed by atoms with Gasteiger partial charge in [-0.1, -0.05) is 27.2 Å². The number of nitrogens with one attached hydrogen (secondary N) is 1. The van der Waals surface area contributed by atoms with Gasteiger partial charge in [0.25, 0.3) is 0 Å². The maximum Gasteiger partial charge on any atom is 0.183 e. The number of nitriles is 1. The normalized spacial score (nSPS) is 14.4. The van der Waals surface area contributed by atoms with Crippen LogP contribution in [0.5, 0.6) is 0 Å². The molecule has 0 aliphatic heterocycles. The molecule has 0 aliphatic rings. The molecule has 5 nitrogen and oxygen atoms in total. The van der Waals surface area contributed by atoms with Crippen LogP contribution in [0.25, 0.3) is 0 Å². The van der Waals surface area contributed by atoms with E-state index in [9.17, 15) is 8.42 Å². The van der Waals surface area contributed by atoms with Gasteiger partial charge in [-0.25, -0.2) is 8.42 Å². The number of hydrogen-bond acceptors (Lipinski definition) is 6. The zero-order valence-corrected chi connectivity index (χ0v) is 14.6. The van der Waals surface area contributed by atoms with Gasteiger partial charge in [-0.3, -0.25) is 0 Å². The van der Waals surface area contributed by atoms with Gasteiger partial charge in [-0.2, -0.15) is 5.26 Å². The summed E-state index contributed by atoms with van der Waals surface area (Å²) in [5.41, 5.74) is 5.92. The minimum atomic E-state index is -3.46. The van der Waals surface area contributed by atoms with Gasteiger partial charge < -0.3 is 11.1 Å². The fourth-order valence-electron chi connectivity index (χ4n) is 2.11. The summed E-state index contributed by atoms with van der Waals surface area (Å²) in [6.45, 7) is 7.87. The number of rotatable bonds is 7. The van der Waals surface area contributed by atoms with E-state index >= 15 is 0 Å². The fraction of sp³-hybridized carbons (Fsp3) is 0.643. The van der Waals surface area contributed by atoms with Crippen LogP contribution in [-0.2, 0) is 9.84 Å². The van der Waals surface area contributed by atoms with E-state index in [0.29, 0.717) is 10.9 Å². The monoisotopic (exact) mass is 329 g/mol. The smallest absolute Gasteiger partial charge is 0.183 e. The van der Waals surface area contributed by atoms with E-state index in [1.165, 1.54) is 0 Å². The average molecular weight is 329 g/mol. The molecule has 0 bridgehead atoms. The Labute approximate surface area is 131 Å². The van der Waals surface area contributed by atoms with Crippen LogP contribution in [0.1, 0.15) is 45.4 Å². The fourth-order valence-corrected chi connectivity index (χ4v) is 4.68. The molecule has 1 rings (SSSR count). The number of thiophene rings is 1. The first-order valence-corrected chi connectivity index (χ1v) is 9.55. The second-order valence-corrected chi connectivity index (χ2v) is 8.55. The lowest BCUT2D eigenvalue weighted by Gasteiger charge is -2.18. The van der Waals surface area contributed by atoms with Crippen molar-refractivity contribution in [3.8, 4) is 6.07 Å². The summed E-state index contributed by atoms with van der Waals surface area (Å²) in [5.74, 6) is 0.513. The van der Waals surface area contributed by atoms with Gasteiger partial charge in [0.15, 0.2) is 9.84 Å². The molecule has 0 spiro atoms. The standard InChI is InChI=1S/C14H23N3O2S2/c1-5-9(3)7-10(4)17-14-13(21(18,19)6-2)12(16)11(8-15)20-14/h9-10,17H,5-7,16H2,1-4H3. The van der Waals surface area contributed by atoms with Crippen molar-refractivity contribution in [1.29, 1.82) is 5.26 Å². The zero-order chi connectivity index (χ0) is 16.2. The van der Waals surface area contributed by atoms with Gasteiger partial charge in [0.1, 0.15) is 20.8 Å². The third-order valence-corrected chi connectivity index (χ3v) is 6.50. The SMILES string of the molecule is CCC(C)CC(C)Nc1sc(C#N)c(N)c1S(=O)(=O)CC. The Hall–Kier alpha value is -1.26. The first-order valence-electron chi connectivity index (χ1n) is 7.08. The molecule has 21 heavy (non-hydrogen) atoms. The van der Waals surface area contributed by atoms with Crippen molar-refractivity contribution in [3.63, 3.8) is 0 Å². The second kappa shape index (κ2) is 7.14. The van der Waals surface area contributed by atoms with Crippen LogP contribution in [0.2, 0.25) is 0 Å². The molecule has 0 amide bonds. The second-order valence-electron chi connectivity index (χ2n) is 5.31. The number of anilines is 2. The molecule has 2 atom stereocenters. The Morgan fingerprint density at radius 1 is 1.38 bits per heavy atom. The van der Waals surface area contributed by atoms with Crippen LogP contribution in [0.4, 0.5) is 10.7 Å². The van der Waals surface area contributed by atoms with E-state index < -0.39 is 9.84 Å². The summed E-state index contributed by atoms with van der Waals surface area (Å²) in [6.07, 6.45) is 2.00. The Bertz CT molecular complexity index is 629. The van der Waals surface area contributed by atoms with Crippen LogP contribution < -0.4 is 11.1 Å². The third-order valence-electron chi connectivity index (χ3n) is 3.52. The minimum absolute atomic E-state index is 0.0345. The molecule has 0 aliphatic carbocycles. The summed E-state index contributed by atoms with van der Waals surface area (Å²) < 4.78 is 24.4. The Balaban J connectivity index is 3.16. The Morgan fingerprint density at radius 2 is 2.00 bits per heavy atom. The molecule has 1 aromatic rings. The van der Waals surface area contributed by atoms with Crippen LogP contribution in [-0.4, -0.2) is 20.2 Å². The third kappa shape index (κ3) is 4.11. The van der Waals surface area contributed by atoms with Crippen molar-refractivity contribution in [2.45, 2.75) is 51.5 Å². The van der Waals surface area contributed by atoms with Crippen LogP contribution in [0.3, 0.4) is 0 Å². The van der Waals surface area contributed by atoms with Gasteiger partial charge in [0, 0.05) is 6.04 Å². The lowest BCUT2D eigenvalue weighted by Crippen LogP contribution is -2.19. The maximum absolute atomic E-state index is 12.2. The molecule has 0 saturated heterocycles. The highest BCUT2D eigenvalue weighted by atomic mass is 32.2. The van der Waals surface area contributed by atoms with Gasteiger partial charge in [0.05, 0.1) is 11.4 Å². The quantitative estimate of drug-likeness (QED) is 0.800. The van der Waals surface area contributed by atoms with Gasteiger partial charge in [0.2, 0.25) is 0 Å². The Kier molecular flexibility index (Phi) is 6.05. The van der Waals surface area contributed by atoms with Crippen LogP contribution >= 0.6 is 11.3 Å². The van der Waals surface area contributed by atoms with E-state index in [0.717, 1.165) is 24.2 Å². The summed E-state index contributed by atoms with van der Waals surface area (Å²) >= 11 is 1.11. The Morgan fingerprint density at radius 3 is 2.48 bits per heavy atom. The molecule has 1 heterocycles. The number of nitrogens with zero attached hydrogens (tertiary/aromatic N) is 1. The highest BCUT2D eigenvalue weighted by molar-refractivity contribution is 7.91. The maximum atomic E-state index is 12.2. The highest BCUT2D eigenvalue weighted by Gasteiger charge is 2.26. The summed E-state index contributed by atoms with van der Waals surface area (Å²) in [7, 11) is -3.46. The molecule has 118 valence electrons. The predicted molar refractivity (Wildman–Crippen MR) is 88.3 cm³/mol. The molecular formula is C14H23N3O2S2. The van der Waals surface area contributed by atoms with E-state index in [1.807, 2.05) is 13.0 Å². The van der Waals surface area contributed by atoms with E-state index in [-0.39, 0.29) is 27.3 Å². The molecule has 1 aromatic heterocycles. The average Bonchev–Trinajstić information content (AvgIpc) is 2.74. The lowest BCUT2D eigenvalue weighted by atomic mass is 10.0. The molecule has 3 N–H and O–H groups in total. The number of hydrogen-bond donors (Lipinski definition) is 2. The zero-order valence-electron chi connectivity index (χ0n) is 12.9. The molecule has 0 aromatic carbocycles. The molecule has 7 heteroatoms. The largest absolute Gasteiger partial charge is 0.396 e. The van der Waals surface area contributed by atoms with Crippen LogP contribution in [0.15, 0.2) is 4.90 Å². The lowest BCUT2D eigenvalue weighted by molar-refractivity contribution is 0.484. The van der Waals surface area contributed by atoms with E-state index in [1.54, 1.807) is 6.92 Å². The van der Waals surface area contributed by atoms with Crippen molar-refractivity contribution in [2.24, 2.45) is 5.92 Å². The summed E-state index contributed by atoms with van der Waals surface area (Å²) in [6, 6.07) is 2.09.